The van der Waals surface area contributed by atoms with Gasteiger partial charge in [-0.1, -0.05) is 24.3 Å². The van der Waals surface area contributed by atoms with Crippen molar-refractivity contribution in [3.8, 4) is 22.9 Å². The van der Waals surface area contributed by atoms with Crippen LogP contribution in [0.4, 0.5) is 0 Å². The van der Waals surface area contributed by atoms with E-state index in [2.05, 4.69) is 4.98 Å². The van der Waals surface area contributed by atoms with E-state index in [4.69, 9.17) is 5.26 Å². The molecule has 2 N–H and O–H groups in total. The second kappa shape index (κ2) is 3.94. The average Bonchev–Trinajstić information content (AvgIpc) is 2.82. The molecule has 3 rings (SSSR count). The molecule has 0 radical (unpaired) electrons. The van der Waals surface area contributed by atoms with Crippen LogP contribution in [0.15, 0.2) is 48.7 Å². The van der Waals surface area contributed by atoms with E-state index in [-0.39, 0.29) is 5.75 Å². The molecule has 3 aromatic rings. The molecule has 0 fully saturated rings. The van der Waals surface area contributed by atoms with E-state index in [0.29, 0.717) is 5.56 Å². The first-order valence-corrected chi connectivity index (χ1v) is 5.59. The van der Waals surface area contributed by atoms with E-state index in [0.717, 1.165) is 22.0 Å². The molecule has 0 unspecified atom stereocenters. The summed E-state index contributed by atoms with van der Waals surface area (Å²) in [4.78, 5) is 3.19. The molecule has 18 heavy (non-hydrogen) atoms. The smallest absolute Gasteiger partial charge is 0.133 e. The third-order valence-corrected chi connectivity index (χ3v) is 3.02. The number of aromatic nitrogens is 1. The molecule has 0 aliphatic carbocycles. The van der Waals surface area contributed by atoms with Gasteiger partial charge in [-0.15, -0.1) is 0 Å². The van der Waals surface area contributed by atoms with E-state index in [9.17, 15) is 5.11 Å². The fourth-order valence-corrected chi connectivity index (χ4v) is 2.10. The molecule has 3 nitrogen and oxygen atoms in total. The van der Waals surface area contributed by atoms with Crippen molar-refractivity contribution in [3.63, 3.8) is 0 Å². The number of hydrogen-bond acceptors (Lipinski definition) is 2. The Morgan fingerprint density at radius 2 is 1.94 bits per heavy atom. The van der Waals surface area contributed by atoms with Crippen LogP contribution in [0.1, 0.15) is 5.56 Å². The lowest BCUT2D eigenvalue weighted by atomic mass is 10.0. The second-order valence-electron chi connectivity index (χ2n) is 4.09. The van der Waals surface area contributed by atoms with Gasteiger partial charge in [0.2, 0.25) is 0 Å². The van der Waals surface area contributed by atoms with Crippen LogP contribution in [0.3, 0.4) is 0 Å². The summed E-state index contributed by atoms with van der Waals surface area (Å²) in [7, 11) is 0. The fourth-order valence-electron chi connectivity index (χ4n) is 2.10. The molecule has 0 saturated carbocycles. The summed E-state index contributed by atoms with van der Waals surface area (Å²) >= 11 is 0. The Labute approximate surface area is 104 Å². The predicted octanol–water partition coefficient (Wildman–Crippen LogP) is 3.41. The Kier molecular flexibility index (Phi) is 2.28. The van der Waals surface area contributed by atoms with Gasteiger partial charge in [0.05, 0.1) is 5.56 Å². The normalized spacial score (nSPS) is 10.4. The SMILES string of the molecule is N#Cc1ccc(-c2c[nH]c3ccccc23)cc1O. The minimum atomic E-state index is 0.0141. The zero-order chi connectivity index (χ0) is 12.5. The first kappa shape index (κ1) is 10.4. The molecule has 86 valence electrons. The van der Waals surface area contributed by atoms with Crippen LogP contribution in [0, 0.1) is 11.3 Å². The highest BCUT2D eigenvalue weighted by atomic mass is 16.3. The number of aromatic hydroxyl groups is 1. The molecule has 0 aliphatic heterocycles. The maximum absolute atomic E-state index is 9.73. The van der Waals surface area contributed by atoms with Crippen LogP contribution >= 0.6 is 0 Å². The lowest BCUT2D eigenvalue weighted by Crippen LogP contribution is -1.79. The van der Waals surface area contributed by atoms with Gasteiger partial charge in [-0.2, -0.15) is 5.26 Å². The number of phenolic OH excluding ortho intramolecular Hbond substituents is 1. The number of para-hydroxylation sites is 1. The van der Waals surface area contributed by atoms with Crippen LogP contribution in [0.2, 0.25) is 0 Å². The number of rotatable bonds is 1. The van der Waals surface area contributed by atoms with Gasteiger partial charge in [-0.3, -0.25) is 0 Å². The highest BCUT2D eigenvalue weighted by Gasteiger charge is 2.08. The third kappa shape index (κ3) is 1.52. The van der Waals surface area contributed by atoms with Gasteiger partial charge in [0.25, 0.3) is 0 Å². The van der Waals surface area contributed by atoms with Crippen LogP contribution in [0.25, 0.3) is 22.0 Å². The largest absolute Gasteiger partial charge is 0.507 e. The van der Waals surface area contributed by atoms with E-state index in [1.165, 1.54) is 0 Å². The molecule has 3 heteroatoms. The lowest BCUT2D eigenvalue weighted by molar-refractivity contribution is 0.474. The topological polar surface area (TPSA) is 59.8 Å². The molecule has 0 bridgehead atoms. The summed E-state index contributed by atoms with van der Waals surface area (Å²) in [5, 5.41) is 19.6. The predicted molar refractivity (Wildman–Crippen MR) is 70.1 cm³/mol. The summed E-state index contributed by atoms with van der Waals surface area (Å²) in [5.74, 6) is 0.0141. The van der Waals surface area contributed by atoms with E-state index >= 15 is 0 Å². The van der Waals surface area contributed by atoms with Crippen LogP contribution in [-0.4, -0.2) is 10.1 Å². The van der Waals surface area contributed by atoms with Crippen molar-refractivity contribution in [2.45, 2.75) is 0 Å². The summed E-state index contributed by atoms with van der Waals surface area (Å²) in [6, 6.07) is 15.0. The summed E-state index contributed by atoms with van der Waals surface area (Å²) in [5.41, 5.74) is 3.25. The van der Waals surface area contributed by atoms with Crippen molar-refractivity contribution < 1.29 is 5.11 Å². The molecule has 0 saturated heterocycles. The maximum Gasteiger partial charge on any atom is 0.133 e. The summed E-state index contributed by atoms with van der Waals surface area (Å²) < 4.78 is 0. The van der Waals surface area contributed by atoms with Gasteiger partial charge >= 0.3 is 0 Å². The molecule has 0 spiro atoms. The van der Waals surface area contributed by atoms with E-state index in [1.807, 2.05) is 42.6 Å². The molecule has 2 aromatic carbocycles. The molecule has 1 heterocycles. The highest BCUT2D eigenvalue weighted by molar-refractivity contribution is 5.95. The van der Waals surface area contributed by atoms with E-state index < -0.39 is 0 Å². The Morgan fingerprint density at radius 3 is 2.72 bits per heavy atom. The number of aromatic amines is 1. The third-order valence-electron chi connectivity index (χ3n) is 3.02. The van der Waals surface area contributed by atoms with Crippen LogP contribution in [-0.2, 0) is 0 Å². The van der Waals surface area contributed by atoms with Crippen molar-refractivity contribution >= 4 is 10.9 Å². The number of nitrogens with zero attached hydrogens (tertiary/aromatic N) is 1. The molecule has 0 amide bonds. The number of hydrogen-bond donors (Lipinski definition) is 2. The summed E-state index contributed by atoms with van der Waals surface area (Å²) in [6.07, 6.45) is 1.91. The fraction of sp³-hybridized carbons (Fsp3) is 0. The first-order valence-electron chi connectivity index (χ1n) is 5.59. The monoisotopic (exact) mass is 234 g/mol. The standard InChI is InChI=1S/C15H10N2O/c16-8-11-6-5-10(7-15(11)18)13-9-17-14-4-2-1-3-12(13)14/h1-7,9,17-18H. The Morgan fingerprint density at radius 1 is 1.11 bits per heavy atom. The Bertz CT molecular complexity index is 766. The van der Waals surface area contributed by atoms with Crippen molar-refractivity contribution in [2.75, 3.05) is 0 Å². The van der Waals surface area contributed by atoms with Gasteiger partial charge in [0.15, 0.2) is 0 Å². The number of nitrogens with one attached hydrogen (secondary N) is 1. The van der Waals surface area contributed by atoms with Crippen LogP contribution < -0.4 is 0 Å². The number of benzene rings is 2. The minimum Gasteiger partial charge on any atom is -0.507 e. The van der Waals surface area contributed by atoms with Crippen molar-refractivity contribution in [1.29, 1.82) is 5.26 Å². The molecular formula is C15H10N2O. The van der Waals surface area contributed by atoms with Gasteiger partial charge in [0.1, 0.15) is 11.8 Å². The molecule has 0 atom stereocenters. The van der Waals surface area contributed by atoms with Gasteiger partial charge in [0, 0.05) is 22.7 Å². The van der Waals surface area contributed by atoms with Gasteiger partial charge in [-0.05, 0) is 23.8 Å². The first-order chi connectivity index (χ1) is 8.79. The van der Waals surface area contributed by atoms with Crippen molar-refractivity contribution in [2.24, 2.45) is 0 Å². The number of fused-ring (bicyclic) bond motifs is 1. The maximum atomic E-state index is 9.73. The molecule has 0 aliphatic rings. The Hall–Kier alpha value is -2.73. The highest BCUT2D eigenvalue weighted by Crippen LogP contribution is 2.31. The summed E-state index contributed by atoms with van der Waals surface area (Å²) in [6.45, 7) is 0. The quantitative estimate of drug-likeness (QED) is 0.677. The number of H-pyrrole nitrogens is 1. The van der Waals surface area contributed by atoms with Gasteiger partial charge < -0.3 is 10.1 Å². The van der Waals surface area contributed by atoms with Gasteiger partial charge in [-0.25, -0.2) is 0 Å². The minimum absolute atomic E-state index is 0.0141. The Balaban J connectivity index is 2.21. The molecule has 1 aromatic heterocycles. The van der Waals surface area contributed by atoms with Crippen molar-refractivity contribution in [3.05, 3.63) is 54.2 Å². The lowest BCUT2D eigenvalue weighted by Gasteiger charge is -2.02. The second-order valence-corrected chi connectivity index (χ2v) is 4.09. The van der Waals surface area contributed by atoms with Crippen LogP contribution in [0.5, 0.6) is 5.75 Å². The average molecular weight is 234 g/mol. The van der Waals surface area contributed by atoms with Crippen molar-refractivity contribution in [1.82, 2.24) is 4.98 Å². The zero-order valence-electron chi connectivity index (χ0n) is 9.51. The van der Waals surface area contributed by atoms with E-state index in [1.54, 1.807) is 12.1 Å². The molecular weight excluding hydrogens is 224 g/mol. The number of phenols is 1. The number of nitriles is 1. The zero-order valence-corrected chi connectivity index (χ0v) is 9.51.